The Morgan fingerprint density at radius 3 is 2.94 bits per heavy atom. The first-order valence-electron chi connectivity index (χ1n) is 7.24. The minimum atomic E-state index is 0.370. The lowest BCUT2D eigenvalue weighted by Gasteiger charge is -2.23. The van der Waals surface area contributed by atoms with Crippen LogP contribution in [0.15, 0.2) is 12.4 Å². The SMILES string of the molecule is CCC1CCC(C(Cc2nccn2CC)NN)C1. The van der Waals surface area contributed by atoms with Crippen molar-refractivity contribution in [2.75, 3.05) is 0 Å². The number of aromatic nitrogens is 2. The summed E-state index contributed by atoms with van der Waals surface area (Å²) in [5.41, 5.74) is 3.02. The van der Waals surface area contributed by atoms with Gasteiger partial charge >= 0.3 is 0 Å². The molecule has 4 nitrogen and oxygen atoms in total. The molecule has 1 saturated carbocycles. The number of aryl methyl sites for hydroxylation is 1. The fourth-order valence-electron chi connectivity index (χ4n) is 3.23. The lowest BCUT2D eigenvalue weighted by Crippen LogP contribution is -2.42. The number of rotatable bonds is 6. The fourth-order valence-corrected chi connectivity index (χ4v) is 3.23. The molecule has 102 valence electrons. The lowest BCUT2D eigenvalue weighted by atomic mass is 9.94. The van der Waals surface area contributed by atoms with E-state index >= 15 is 0 Å². The second-order valence-corrected chi connectivity index (χ2v) is 5.45. The van der Waals surface area contributed by atoms with Crippen molar-refractivity contribution in [3.05, 3.63) is 18.2 Å². The number of nitrogens with zero attached hydrogens (tertiary/aromatic N) is 2. The summed E-state index contributed by atoms with van der Waals surface area (Å²) in [5, 5.41) is 0. The molecule has 0 saturated heterocycles. The highest BCUT2D eigenvalue weighted by Gasteiger charge is 2.30. The van der Waals surface area contributed by atoms with Gasteiger partial charge in [0.1, 0.15) is 5.82 Å². The number of nitrogens with two attached hydrogens (primary N) is 1. The molecule has 4 heteroatoms. The van der Waals surface area contributed by atoms with Gasteiger partial charge in [0.15, 0.2) is 0 Å². The minimum Gasteiger partial charge on any atom is -0.335 e. The van der Waals surface area contributed by atoms with Gasteiger partial charge in [-0.05, 0) is 31.6 Å². The molecular weight excluding hydrogens is 224 g/mol. The highest BCUT2D eigenvalue weighted by atomic mass is 15.2. The number of hydrazine groups is 1. The van der Waals surface area contributed by atoms with Crippen molar-refractivity contribution in [1.29, 1.82) is 0 Å². The predicted octanol–water partition coefficient (Wildman–Crippen LogP) is 2.10. The summed E-state index contributed by atoms with van der Waals surface area (Å²) in [7, 11) is 0. The number of hydrogen-bond donors (Lipinski definition) is 2. The molecule has 3 atom stereocenters. The van der Waals surface area contributed by atoms with Gasteiger partial charge in [-0.1, -0.05) is 19.8 Å². The topological polar surface area (TPSA) is 55.9 Å². The molecule has 0 amide bonds. The molecule has 18 heavy (non-hydrogen) atoms. The van der Waals surface area contributed by atoms with Crippen molar-refractivity contribution >= 4 is 0 Å². The van der Waals surface area contributed by atoms with Gasteiger partial charge in [0, 0.05) is 31.4 Å². The summed E-state index contributed by atoms with van der Waals surface area (Å²) in [6.07, 6.45) is 10.2. The van der Waals surface area contributed by atoms with Crippen LogP contribution in [0.3, 0.4) is 0 Å². The van der Waals surface area contributed by atoms with Gasteiger partial charge in [-0.3, -0.25) is 11.3 Å². The van der Waals surface area contributed by atoms with Crippen LogP contribution in [0, 0.1) is 11.8 Å². The van der Waals surface area contributed by atoms with Crippen LogP contribution in [0.2, 0.25) is 0 Å². The summed E-state index contributed by atoms with van der Waals surface area (Å²) >= 11 is 0. The van der Waals surface area contributed by atoms with Crippen molar-refractivity contribution in [2.45, 2.75) is 58.5 Å². The molecule has 0 spiro atoms. The zero-order chi connectivity index (χ0) is 13.0. The Hall–Kier alpha value is -0.870. The Labute approximate surface area is 110 Å². The van der Waals surface area contributed by atoms with E-state index in [1.54, 1.807) is 0 Å². The van der Waals surface area contributed by atoms with Crippen molar-refractivity contribution in [1.82, 2.24) is 15.0 Å². The van der Waals surface area contributed by atoms with Gasteiger partial charge < -0.3 is 4.57 Å². The summed E-state index contributed by atoms with van der Waals surface area (Å²) < 4.78 is 2.20. The lowest BCUT2D eigenvalue weighted by molar-refractivity contribution is 0.341. The Balaban J connectivity index is 1.97. The standard InChI is InChI=1S/C14H26N4/c1-3-11-5-6-12(9-11)13(17-15)10-14-16-7-8-18(14)4-2/h7-8,11-13,17H,3-6,9-10,15H2,1-2H3. The summed E-state index contributed by atoms with van der Waals surface area (Å²) in [5.74, 6) is 8.52. The van der Waals surface area contributed by atoms with Crippen LogP contribution in [0.5, 0.6) is 0 Å². The number of hydrogen-bond acceptors (Lipinski definition) is 3. The Kier molecular flexibility index (Phi) is 4.78. The molecular formula is C14H26N4. The Bertz CT molecular complexity index is 360. The van der Waals surface area contributed by atoms with E-state index in [0.29, 0.717) is 12.0 Å². The molecule has 3 unspecified atom stereocenters. The van der Waals surface area contributed by atoms with E-state index in [4.69, 9.17) is 5.84 Å². The average Bonchev–Trinajstić information content (AvgIpc) is 3.04. The van der Waals surface area contributed by atoms with Crippen LogP contribution in [0.1, 0.15) is 45.4 Å². The van der Waals surface area contributed by atoms with Gasteiger partial charge in [-0.2, -0.15) is 0 Å². The van der Waals surface area contributed by atoms with Crippen LogP contribution < -0.4 is 11.3 Å². The van der Waals surface area contributed by atoms with E-state index in [1.807, 2.05) is 12.4 Å². The molecule has 1 fully saturated rings. The van der Waals surface area contributed by atoms with E-state index in [1.165, 1.54) is 25.7 Å². The number of imidazole rings is 1. The molecule has 1 aromatic heterocycles. The molecule has 1 heterocycles. The van der Waals surface area contributed by atoms with Crippen LogP contribution in [-0.2, 0) is 13.0 Å². The molecule has 3 N–H and O–H groups in total. The average molecular weight is 250 g/mol. The first-order chi connectivity index (χ1) is 8.78. The van der Waals surface area contributed by atoms with Crippen molar-refractivity contribution in [3.63, 3.8) is 0 Å². The largest absolute Gasteiger partial charge is 0.335 e. The normalized spacial score (nSPS) is 25.5. The van der Waals surface area contributed by atoms with Crippen LogP contribution in [0.25, 0.3) is 0 Å². The second-order valence-electron chi connectivity index (χ2n) is 5.45. The van der Waals surface area contributed by atoms with Gasteiger partial charge in [0.2, 0.25) is 0 Å². The molecule has 1 aliphatic rings. The smallest absolute Gasteiger partial charge is 0.110 e. The third-order valence-corrected chi connectivity index (χ3v) is 4.49. The van der Waals surface area contributed by atoms with Gasteiger partial charge in [-0.25, -0.2) is 4.98 Å². The molecule has 0 aliphatic heterocycles. The fraction of sp³-hybridized carbons (Fsp3) is 0.786. The van der Waals surface area contributed by atoms with Crippen molar-refractivity contribution in [3.8, 4) is 0 Å². The zero-order valence-corrected chi connectivity index (χ0v) is 11.6. The van der Waals surface area contributed by atoms with E-state index < -0.39 is 0 Å². The maximum atomic E-state index is 5.76. The second kappa shape index (κ2) is 6.34. The highest BCUT2D eigenvalue weighted by Crippen LogP contribution is 2.35. The van der Waals surface area contributed by atoms with E-state index in [2.05, 4.69) is 28.8 Å². The van der Waals surface area contributed by atoms with Crippen LogP contribution in [-0.4, -0.2) is 15.6 Å². The summed E-state index contributed by atoms with van der Waals surface area (Å²) in [6.45, 7) is 5.43. The quantitative estimate of drug-likeness (QED) is 0.600. The molecule has 0 bridgehead atoms. The molecule has 0 radical (unpaired) electrons. The maximum Gasteiger partial charge on any atom is 0.110 e. The predicted molar refractivity (Wildman–Crippen MR) is 73.8 cm³/mol. The third-order valence-electron chi connectivity index (χ3n) is 4.49. The first-order valence-corrected chi connectivity index (χ1v) is 7.24. The van der Waals surface area contributed by atoms with E-state index in [0.717, 1.165) is 24.7 Å². The monoisotopic (exact) mass is 250 g/mol. The van der Waals surface area contributed by atoms with Crippen LogP contribution in [0.4, 0.5) is 0 Å². The number of nitrogens with one attached hydrogen (secondary N) is 1. The highest BCUT2D eigenvalue weighted by molar-refractivity contribution is 4.97. The molecule has 2 rings (SSSR count). The van der Waals surface area contributed by atoms with Gasteiger partial charge in [0.25, 0.3) is 0 Å². The summed E-state index contributed by atoms with van der Waals surface area (Å²) in [4.78, 5) is 4.45. The van der Waals surface area contributed by atoms with Gasteiger partial charge in [-0.15, -0.1) is 0 Å². The first kappa shape index (κ1) is 13.6. The maximum absolute atomic E-state index is 5.76. The van der Waals surface area contributed by atoms with E-state index in [9.17, 15) is 0 Å². The van der Waals surface area contributed by atoms with Crippen molar-refractivity contribution in [2.24, 2.45) is 17.7 Å². The minimum absolute atomic E-state index is 0.370. The molecule has 1 aliphatic carbocycles. The zero-order valence-electron chi connectivity index (χ0n) is 11.6. The third kappa shape index (κ3) is 2.93. The molecule has 0 aromatic carbocycles. The molecule has 1 aromatic rings. The summed E-state index contributed by atoms with van der Waals surface area (Å²) in [6, 6.07) is 0.370. The van der Waals surface area contributed by atoms with E-state index in [-0.39, 0.29) is 0 Å². The Morgan fingerprint density at radius 2 is 2.33 bits per heavy atom. The van der Waals surface area contributed by atoms with Crippen LogP contribution >= 0.6 is 0 Å². The van der Waals surface area contributed by atoms with Crippen molar-refractivity contribution < 1.29 is 0 Å². The Morgan fingerprint density at radius 1 is 1.50 bits per heavy atom. The van der Waals surface area contributed by atoms with Gasteiger partial charge in [0.05, 0.1) is 0 Å².